The van der Waals surface area contributed by atoms with Crippen LogP contribution in [0.3, 0.4) is 0 Å². The third kappa shape index (κ3) is 13.6. The van der Waals surface area contributed by atoms with E-state index in [0.717, 1.165) is 16.7 Å². The van der Waals surface area contributed by atoms with Crippen LogP contribution < -0.4 is 40.1 Å². The van der Waals surface area contributed by atoms with Gasteiger partial charge in [-0.2, -0.15) is 54.6 Å². The van der Waals surface area contributed by atoms with Crippen LogP contribution in [0.2, 0.25) is 5.28 Å². The van der Waals surface area contributed by atoms with Crippen molar-refractivity contribution in [3.8, 4) is 11.9 Å². The Labute approximate surface area is 495 Å². The normalized spacial score (nSPS) is 10.6. The minimum absolute atomic E-state index is 0. The van der Waals surface area contributed by atoms with E-state index in [2.05, 4.69) is 65.3 Å². The van der Waals surface area contributed by atoms with Crippen LogP contribution in [-0.2, 0) is 39.7 Å². The molecule has 0 saturated heterocycles. The van der Waals surface area contributed by atoms with Crippen molar-refractivity contribution in [2.24, 2.45) is 0 Å². The average molecular weight is 1270 g/mol. The Morgan fingerprint density at radius 1 is 0.494 bits per heavy atom. The molecule has 0 aliphatic heterocycles. The first-order chi connectivity index (χ1) is 39.9. The molecule has 12 rings (SSSR count). The molecular formula is C52H45ClF3N24O4Pd-. The Bertz CT molecular complexity index is 4350. The second-order valence-corrected chi connectivity index (χ2v) is 17.7. The molecule has 9 heterocycles. The van der Waals surface area contributed by atoms with E-state index in [9.17, 15) is 33.4 Å². The van der Waals surface area contributed by atoms with Gasteiger partial charge in [0, 0.05) is 58.3 Å². The molecule has 0 atom stereocenters. The number of fused-ring (bicyclic) bond motifs is 3. The molecule has 0 amide bonds. The van der Waals surface area contributed by atoms with Crippen molar-refractivity contribution < 1.29 is 43.4 Å². The van der Waals surface area contributed by atoms with Gasteiger partial charge < -0.3 is 47.6 Å². The molecule has 0 aliphatic rings. The van der Waals surface area contributed by atoms with Crippen LogP contribution in [0, 0.1) is 45.1 Å². The molecule has 0 bridgehead atoms. The number of pyridine rings is 3. The van der Waals surface area contributed by atoms with Crippen LogP contribution in [-0.4, -0.2) is 84.5 Å². The van der Waals surface area contributed by atoms with E-state index in [0.29, 0.717) is 56.6 Å². The van der Waals surface area contributed by atoms with Crippen molar-refractivity contribution in [3.63, 3.8) is 0 Å². The summed E-state index contributed by atoms with van der Waals surface area (Å²) < 4.78 is 44.4. The minimum atomic E-state index is -0.763. The fraction of sp³-hybridized carbons (Fsp3) is 0.0577. The molecule has 0 aliphatic carbocycles. The van der Waals surface area contributed by atoms with Crippen molar-refractivity contribution in [3.05, 3.63) is 212 Å². The van der Waals surface area contributed by atoms with E-state index < -0.39 is 21.2 Å². The summed E-state index contributed by atoms with van der Waals surface area (Å²) >= 11 is 5.32. The van der Waals surface area contributed by atoms with E-state index in [1.807, 2.05) is 24.3 Å². The number of benzene rings is 3. The van der Waals surface area contributed by atoms with Crippen molar-refractivity contribution in [1.82, 2.24) is 74.6 Å². The molecular weight excluding hydrogens is 1220 g/mol. The number of aromatic nitrogens is 15. The number of rotatable bonds is 10. The Morgan fingerprint density at radius 2 is 0.859 bits per heavy atom. The largest absolute Gasteiger partial charge is 0.393 e. The zero-order valence-electron chi connectivity index (χ0n) is 43.9. The monoisotopic (exact) mass is 1270 g/mol. The molecule has 0 spiro atoms. The third-order valence-corrected chi connectivity index (χ3v) is 12.1. The molecule has 85 heavy (non-hydrogen) atoms. The number of anilines is 7. The predicted octanol–water partition coefficient (Wildman–Crippen LogP) is 7.04. The summed E-state index contributed by atoms with van der Waals surface area (Å²) in [5, 5.41) is 37.1. The fourth-order valence-electron chi connectivity index (χ4n) is 8.06. The van der Waals surface area contributed by atoms with Crippen molar-refractivity contribution in [2.75, 3.05) is 40.1 Å². The number of hydrogen-bond donors (Lipinski definition) is 8. The van der Waals surface area contributed by atoms with Crippen LogP contribution in [0.15, 0.2) is 128 Å². The summed E-state index contributed by atoms with van der Waals surface area (Å²) in [4.78, 5) is 55.7. The quantitative estimate of drug-likeness (QED) is 0.0224. The van der Waals surface area contributed by atoms with Gasteiger partial charge >= 0.3 is 11.4 Å². The maximum atomic E-state index is 14.1. The molecule has 33 heteroatoms. The zero-order valence-corrected chi connectivity index (χ0v) is 46.2. The minimum Gasteiger partial charge on any atom is -0.393 e. The third-order valence-electron chi connectivity index (χ3n) is 11.9. The van der Waals surface area contributed by atoms with Crippen LogP contribution in [0.5, 0.6) is 0 Å². The molecule has 436 valence electrons. The maximum Gasteiger partial charge on any atom is 0.352 e. The number of nitro groups is 2. The van der Waals surface area contributed by atoms with Gasteiger partial charge in [-0.25, -0.2) is 13.2 Å². The fourth-order valence-corrected chi connectivity index (χ4v) is 8.24. The van der Waals surface area contributed by atoms with Crippen molar-refractivity contribution in [2.45, 2.75) is 19.3 Å². The molecule has 0 unspecified atom stereocenters. The summed E-state index contributed by atoms with van der Waals surface area (Å²) in [6.07, 6.45) is 5.87. The van der Waals surface area contributed by atoms with Gasteiger partial charge in [-0.05, 0) is 82.9 Å². The molecule has 0 saturated carbocycles. The number of nitrogens with zero attached hydrogens (tertiary/aromatic N) is 16. The first-order valence-corrected chi connectivity index (χ1v) is 24.4. The van der Waals surface area contributed by atoms with Gasteiger partial charge in [0.1, 0.15) is 45.2 Å². The first kappa shape index (κ1) is 61.5. The smallest absolute Gasteiger partial charge is 0.352 e. The topological polar surface area (TPSA) is 449 Å². The maximum absolute atomic E-state index is 14.1. The molecule has 3 aromatic carbocycles. The predicted molar refractivity (Wildman–Crippen MR) is 308 cm³/mol. The number of hydrogen-bond acceptors (Lipinski definition) is 23. The van der Waals surface area contributed by atoms with Gasteiger partial charge in [0.05, 0.1) is 38.0 Å². The second kappa shape index (κ2) is 26.7. The van der Waals surface area contributed by atoms with E-state index in [1.54, 1.807) is 85.3 Å². The van der Waals surface area contributed by atoms with E-state index in [-0.39, 0.29) is 116 Å². The van der Waals surface area contributed by atoms with Gasteiger partial charge in [-0.3, -0.25) is 40.3 Å². The summed E-state index contributed by atoms with van der Waals surface area (Å²) in [7, 11) is 0. The first-order valence-electron chi connectivity index (χ1n) is 24.0. The van der Waals surface area contributed by atoms with Crippen LogP contribution in [0.25, 0.3) is 45.0 Å². The molecule has 9 aromatic heterocycles. The van der Waals surface area contributed by atoms with Crippen molar-refractivity contribution >= 4 is 96.7 Å². The number of nitrogen functional groups attached to an aromatic ring is 7. The van der Waals surface area contributed by atoms with Gasteiger partial charge in [-0.1, -0.05) is 54.6 Å². The number of aromatic amines is 1. The molecule has 28 nitrogen and oxygen atoms in total. The van der Waals surface area contributed by atoms with Gasteiger partial charge in [-0.15, -0.1) is 0 Å². The van der Waals surface area contributed by atoms with E-state index >= 15 is 0 Å². The second-order valence-electron chi connectivity index (χ2n) is 17.3. The Hall–Kier alpha value is -11.1. The van der Waals surface area contributed by atoms with E-state index in [1.165, 1.54) is 27.6 Å². The zero-order chi connectivity index (χ0) is 59.1. The standard InChI is InChI=1S/C17H13FN8O2.C17H15FN8.C13H10FN3.C4H4ClN5O2.CH3.Pd/c18-10-5-2-1-4-9(10)8-11-13-12(6-3-7-21-13)25(24-11)17-22-15(19)14(26(27)28)16(20)23-17;18-10-5-2-1-4-9(10)8-11-14-12(6-3-7-22-14)26(25-11)17-23-15(20)13(19)16(21)24-17;14-10-5-2-1-4-9(10)8-12-13-11(16-17-12)6-3-7-15-13;5-4-8-2(6)1(10(11)12)3(7)9-4;;/h1-7H,8H2,(H4,19,20,22,23);1-7H,8,19H2,(H4,20,21,23,24);1-7H,8H2,(H,16,17);(H4,6,7,8,9);1H3;/q;;;;-1;. The summed E-state index contributed by atoms with van der Waals surface area (Å²) in [5.74, 6) is -2.03. The van der Waals surface area contributed by atoms with Gasteiger partial charge in [0.25, 0.3) is 11.9 Å². The summed E-state index contributed by atoms with van der Waals surface area (Å²) in [5.41, 5.74) is 45.5. The average Bonchev–Trinajstić information content (AvgIpc) is 2.61. The number of H-pyrrole nitrogens is 1. The number of halogens is 4. The number of nitrogens with two attached hydrogens (primary N) is 7. The molecule has 0 fully saturated rings. The van der Waals surface area contributed by atoms with E-state index in [4.69, 9.17) is 51.7 Å². The summed E-state index contributed by atoms with van der Waals surface area (Å²) in [6, 6.07) is 30.3. The van der Waals surface area contributed by atoms with Crippen LogP contribution in [0.4, 0.5) is 65.1 Å². The molecule has 0 radical (unpaired) electrons. The van der Waals surface area contributed by atoms with Crippen LogP contribution in [0.1, 0.15) is 33.8 Å². The van der Waals surface area contributed by atoms with Gasteiger partial charge in [0.2, 0.25) is 28.6 Å². The molecule has 12 aromatic rings. The van der Waals surface area contributed by atoms with Crippen molar-refractivity contribution in [1.29, 1.82) is 0 Å². The number of nitrogens with one attached hydrogen (secondary N) is 1. The van der Waals surface area contributed by atoms with Gasteiger partial charge in [0.15, 0.2) is 11.6 Å². The Kier molecular flexibility index (Phi) is 19.3. The Balaban J connectivity index is 0.000000168. The summed E-state index contributed by atoms with van der Waals surface area (Å²) in [6.45, 7) is 0. The SMILES string of the molecule is Fc1ccccc1Cc1[nH]nc2cccnc12.Nc1nc(-n2nc(Cc3ccccc3F)c3ncccc32)nc(N)c1N.Nc1nc(-n2nc(Cc3ccccc3F)c3ncccc32)nc(N)c1[N+](=O)[O-].Nc1nc(Cl)nc(N)c1[N+](=O)[O-].[CH3-].[Pd]. The van der Waals surface area contributed by atoms with Crippen LogP contribution >= 0.6 is 11.6 Å². The Morgan fingerprint density at radius 3 is 1.27 bits per heavy atom. The molecule has 15 N–H and O–H groups in total.